The SMILES string of the molecule is Cc1ccc(NC(=O)CCCCCn2c(=S)[nH]c3ccccc3c2=O)cc1C. The summed E-state index contributed by atoms with van der Waals surface area (Å²) >= 11 is 5.32. The van der Waals surface area contributed by atoms with Crippen LogP contribution in [0, 0.1) is 18.6 Å². The van der Waals surface area contributed by atoms with Gasteiger partial charge < -0.3 is 10.3 Å². The minimum atomic E-state index is -0.0631. The predicted octanol–water partition coefficient (Wildman–Crippen LogP) is 4.88. The number of fused-ring (bicyclic) bond motifs is 1. The highest BCUT2D eigenvalue weighted by Gasteiger charge is 2.06. The van der Waals surface area contributed by atoms with Crippen LogP contribution in [0.2, 0.25) is 0 Å². The van der Waals surface area contributed by atoms with Crippen LogP contribution < -0.4 is 10.9 Å². The number of rotatable bonds is 7. The first-order chi connectivity index (χ1) is 13.5. The number of H-pyrrole nitrogens is 1. The fraction of sp³-hybridized carbons (Fsp3) is 0.318. The third-order valence-corrected chi connectivity index (χ3v) is 5.29. The van der Waals surface area contributed by atoms with Gasteiger partial charge in [0.1, 0.15) is 0 Å². The van der Waals surface area contributed by atoms with E-state index in [0.717, 1.165) is 36.0 Å². The van der Waals surface area contributed by atoms with E-state index in [9.17, 15) is 9.59 Å². The maximum atomic E-state index is 12.6. The van der Waals surface area contributed by atoms with Crippen molar-refractivity contribution in [3.63, 3.8) is 0 Å². The number of aryl methyl sites for hydroxylation is 2. The normalized spacial score (nSPS) is 10.9. The Hall–Kier alpha value is -2.73. The maximum absolute atomic E-state index is 12.6. The second kappa shape index (κ2) is 8.97. The fourth-order valence-electron chi connectivity index (χ4n) is 3.18. The third kappa shape index (κ3) is 4.75. The number of anilines is 1. The number of unbranched alkanes of at least 4 members (excludes halogenated alkanes) is 2. The molecule has 0 radical (unpaired) electrons. The highest BCUT2D eigenvalue weighted by atomic mass is 32.1. The summed E-state index contributed by atoms with van der Waals surface area (Å²) in [6, 6.07) is 13.3. The molecule has 0 saturated carbocycles. The molecule has 0 aliphatic rings. The van der Waals surface area contributed by atoms with Gasteiger partial charge in [0, 0.05) is 18.7 Å². The van der Waals surface area contributed by atoms with Crippen molar-refractivity contribution < 1.29 is 4.79 Å². The molecule has 0 saturated heterocycles. The molecule has 2 N–H and O–H groups in total. The molecule has 6 heteroatoms. The minimum Gasteiger partial charge on any atom is -0.332 e. The monoisotopic (exact) mass is 395 g/mol. The lowest BCUT2D eigenvalue weighted by molar-refractivity contribution is -0.116. The van der Waals surface area contributed by atoms with Gasteiger partial charge in [-0.05, 0) is 74.3 Å². The smallest absolute Gasteiger partial charge is 0.262 e. The quantitative estimate of drug-likeness (QED) is 0.443. The summed E-state index contributed by atoms with van der Waals surface area (Å²) in [4.78, 5) is 27.8. The first-order valence-corrected chi connectivity index (χ1v) is 9.95. The Bertz CT molecular complexity index is 1110. The number of hydrogen-bond acceptors (Lipinski definition) is 3. The van der Waals surface area contributed by atoms with E-state index in [0.29, 0.717) is 23.1 Å². The van der Waals surface area contributed by atoms with Crippen molar-refractivity contribution in [1.82, 2.24) is 9.55 Å². The standard InChI is InChI=1S/C22H25N3O2S/c1-15-11-12-17(14-16(15)2)23-20(26)10-4-3-7-13-25-21(27)18-8-5-6-9-19(18)24-22(25)28/h5-6,8-9,11-12,14H,3-4,7,10,13H2,1-2H3,(H,23,26)(H,24,28). The van der Waals surface area contributed by atoms with Crippen LogP contribution in [0.1, 0.15) is 36.8 Å². The van der Waals surface area contributed by atoms with Gasteiger partial charge in [0.2, 0.25) is 5.91 Å². The highest BCUT2D eigenvalue weighted by Crippen LogP contribution is 2.15. The molecule has 0 atom stereocenters. The van der Waals surface area contributed by atoms with Gasteiger partial charge in [0.05, 0.1) is 10.9 Å². The summed E-state index contributed by atoms with van der Waals surface area (Å²) in [5, 5.41) is 3.58. The topological polar surface area (TPSA) is 66.9 Å². The zero-order valence-corrected chi connectivity index (χ0v) is 17.1. The number of para-hydroxylation sites is 1. The molecule has 2 aromatic carbocycles. The highest BCUT2D eigenvalue weighted by molar-refractivity contribution is 7.71. The first kappa shape index (κ1) is 20.0. The Morgan fingerprint density at radius 3 is 2.64 bits per heavy atom. The molecule has 0 unspecified atom stereocenters. The fourth-order valence-corrected chi connectivity index (χ4v) is 3.46. The molecule has 3 aromatic rings. The van der Waals surface area contributed by atoms with Gasteiger partial charge in [-0.2, -0.15) is 0 Å². The lowest BCUT2D eigenvalue weighted by atomic mass is 10.1. The molecule has 0 bridgehead atoms. The average molecular weight is 396 g/mol. The number of hydrogen-bond donors (Lipinski definition) is 2. The summed E-state index contributed by atoms with van der Waals surface area (Å²) < 4.78 is 2.04. The van der Waals surface area contributed by atoms with E-state index in [1.54, 1.807) is 10.6 Å². The van der Waals surface area contributed by atoms with Crippen LogP contribution in [-0.2, 0) is 11.3 Å². The number of aromatic nitrogens is 2. The van der Waals surface area contributed by atoms with Gasteiger partial charge in [0.25, 0.3) is 5.56 Å². The largest absolute Gasteiger partial charge is 0.332 e. The molecule has 0 spiro atoms. The molecule has 1 heterocycles. The zero-order chi connectivity index (χ0) is 20.1. The lowest BCUT2D eigenvalue weighted by Gasteiger charge is -2.09. The van der Waals surface area contributed by atoms with E-state index < -0.39 is 0 Å². The van der Waals surface area contributed by atoms with Gasteiger partial charge in [-0.15, -0.1) is 0 Å². The minimum absolute atomic E-state index is 0.0171. The molecule has 3 rings (SSSR count). The molecule has 1 amide bonds. The Kier molecular flexibility index (Phi) is 6.41. The van der Waals surface area contributed by atoms with Crippen LogP contribution >= 0.6 is 12.2 Å². The van der Waals surface area contributed by atoms with Gasteiger partial charge in [-0.3, -0.25) is 14.2 Å². The van der Waals surface area contributed by atoms with Crippen molar-refractivity contribution in [3.8, 4) is 0 Å². The van der Waals surface area contributed by atoms with E-state index in [-0.39, 0.29) is 11.5 Å². The Balaban J connectivity index is 1.49. The summed E-state index contributed by atoms with van der Waals surface area (Å²) in [6.07, 6.45) is 2.89. The van der Waals surface area contributed by atoms with Crippen LogP contribution in [0.3, 0.4) is 0 Å². The van der Waals surface area contributed by atoms with Crippen LogP contribution in [0.25, 0.3) is 10.9 Å². The second-order valence-electron chi connectivity index (χ2n) is 7.09. The van der Waals surface area contributed by atoms with Crippen molar-refractivity contribution in [3.05, 3.63) is 68.7 Å². The average Bonchev–Trinajstić information content (AvgIpc) is 2.67. The van der Waals surface area contributed by atoms with Crippen molar-refractivity contribution in [2.75, 3.05) is 5.32 Å². The number of carbonyl (C=O) groups excluding carboxylic acids is 1. The Morgan fingerprint density at radius 2 is 1.86 bits per heavy atom. The predicted molar refractivity (Wildman–Crippen MR) is 116 cm³/mol. The molecule has 5 nitrogen and oxygen atoms in total. The van der Waals surface area contributed by atoms with Crippen molar-refractivity contribution in [2.45, 2.75) is 46.1 Å². The number of benzene rings is 2. The van der Waals surface area contributed by atoms with E-state index in [2.05, 4.69) is 10.3 Å². The number of aromatic amines is 1. The molecular weight excluding hydrogens is 370 g/mol. The second-order valence-corrected chi connectivity index (χ2v) is 7.48. The molecule has 0 aliphatic heterocycles. The van der Waals surface area contributed by atoms with Crippen LogP contribution in [0.15, 0.2) is 47.3 Å². The summed E-state index contributed by atoms with van der Waals surface area (Å²) in [5.74, 6) is 0.0171. The van der Waals surface area contributed by atoms with Crippen molar-refractivity contribution >= 4 is 34.7 Å². The van der Waals surface area contributed by atoms with Gasteiger partial charge >= 0.3 is 0 Å². The number of amides is 1. The summed E-state index contributed by atoms with van der Waals surface area (Å²) in [7, 11) is 0. The van der Waals surface area contributed by atoms with Gasteiger partial charge in [-0.1, -0.05) is 24.6 Å². The third-order valence-electron chi connectivity index (χ3n) is 4.97. The Morgan fingerprint density at radius 1 is 1.07 bits per heavy atom. The Labute approximate surface area is 169 Å². The number of carbonyl (C=O) groups is 1. The molecule has 1 aromatic heterocycles. The summed E-state index contributed by atoms with van der Waals surface area (Å²) in [5.41, 5.74) is 3.90. The first-order valence-electron chi connectivity index (χ1n) is 9.54. The number of nitrogens with zero attached hydrogens (tertiary/aromatic N) is 1. The van der Waals surface area contributed by atoms with Crippen LogP contribution in [-0.4, -0.2) is 15.5 Å². The van der Waals surface area contributed by atoms with Crippen LogP contribution in [0.5, 0.6) is 0 Å². The molecule has 0 fully saturated rings. The van der Waals surface area contributed by atoms with Gasteiger partial charge in [-0.25, -0.2) is 0 Å². The van der Waals surface area contributed by atoms with Crippen molar-refractivity contribution in [2.24, 2.45) is 0 Å². The molecule has 146 valence electrons. The maximum Gasteiger partial charge on any atom is 0.262 e. The van der Waals surface area contributed by atoms with E-state index in [1.807, 2.05) is 50.2 Å². The zero-order valence-electron chi connectivity index (χ0n) is 16.2. The van der Waals surface area contributed by atoms with E-state index >= 15 is 0 Å². The van der Waals surface area contributed by atoms with Gasteiger partial charge in [0.15, 0.2) is 4.77 Å². The van der Waals surface area contributed by atoms with Crippen LogP contribution in [0.4, 0.5) is 5.69 Å². The van der Waals surface area contributed by atoms with E-state index in [1.165, 1.54) is 5.56 Å². The van der Waals surface area contributed by atoms with E-state index in [4.69, 9.17) is 12.2 Å². The molecule has 0 aliphatic carbocycles. The summed E-state index contributed by atoms with van der Waals surface area (Å²) in [6.45, 7) is 4.64. The lowest BCUT2D eigenvalue weighted by Crippen LogP contribution is -2.22. The molecular formula is C22H25N3O2S. The molecule has 28 heavy (non-hydrogen) atoms. The van der Waals surface area contributed by atoms with Crippen molar-refractivity contribution in [1.29, 1.82) is 0 Å². The number of nitrogens with one attached hydrogen (secondary N) is 2.